The summed E-state index contributed by atoms with van der Waals surface area (Å²) in [4.78, 5) is 2.41. The average molecular weight is 224 g/mol. The normalized spacial score (nSPS) is 39.6. The van der Waals surface area contributed by atoms with E-state index in [0.29, 0.717) is 0 Å². The summed E-state index contributed by atoms with van der Waals surface area (Å²) in [6, 6.07) is 0.742. The molecule has 0 aromatic rings. The third kappa shape index (κ3) is 2.01. The molecule has 16 heavy (non-hydrogen) atoms. The van der Waals surface area contributed by atoms with Gasteiger partial charge in [-0.05, 0) is 25.8 Å². The van der Waals surface area contributed by atoms with Gasteiger partial charge in [0.25, 0.3) is 0 Å². The first kappa shape index (κ1) is 11.0. The van der Waals surface area contributed by atoms with Gasteiger partial charge in [-0.2, -0.15) is 0 Å². The number of hydrogen-bond acceptors (Lipinski definition) is 3. The molecule has 92 valence electrons. The molecule has 0 radical (unpaired) electrons. The number of ether oxygens (including phenoxy) is 1. The van der Waals surface area contributed by atoms with Crippen molar-refractivity contribution in [2.75, 3.05) is 26.7 Å². The fourth-order valence-electron chi connectivity index (χ4n) is 3.51. The minimum atomic E-state index is 0.0328. The van der Waals surface area contributed by atoms with E-state index in [-0.39, 0.29) is 5.72 Å². The van der Waals surface area contributed by atoms with Crippen LogP contribution in [0.25, 0.3) is 0 Å². The van der Waals surface area contributed by atoms with Gasteiger partial charge < -0.3 is 9.64 Å². The summed E-state index contributed by atoms with van der Waals surface area (Å²) in [6.45, 7) is 3.34. The first-order valence-corrected chi connectivity index (χ1v) is 6.88. The van der Waals surface area contributed by atoms with Crippen LogP contribution in [0, 0.1) is 5.92 Å². The number of hydrogen-bond donors (Lipinski definition) is 1. The summed E-state index contributed by atoms with van der Waals surface area (Å²) in [7, 11) is 2.21. The van der Waals surface area contributed by atoms with Crippen LogP contribution in [0.3, 0.4) is 0 Å². The maximum absolute atomic E-state index is 6.19. The van der Waals surface area contributed by atoms with Crippen molar-refractivity contribution >= 4 is 0 Å². The minimum Gasteiger partial charge on any atom is -0.360 e. The van der Waals surface area contributed by atoms with Gasteiger partial charge in [0, 0.05) is 32.0 Å². The molecule has 3 rings (SSSR count). The van der Waals surface area contributed by atoms with Crippen LogP contribution in [-0.4, -0.2) is 43.4 Å². The first-order valence-electron chi connectivity index (χ1n) is 6.88. The quantitative estimate of drug-likeness (QED) is 0.676. The highest BCUT2D eigenvalue weighted by Crippen LogP contribution is 2.35. The molecule has 2 aliphatic heterocycles. The summed E-state index contributed by atoms with van der Waals surface area (Å²) in [5.74, 6) is 0.791. The minimum absolute atomic E-state index is 0.0328. The van der Waals surface area contributed by atoms with E-state index in [0.717, 1.165) is 31.4 Å². The van der Waals surface area contributed by atoms with Gasteiger partial charge in [-0.3, -0.25) is 5.32 Å². The summed E-state index contributed by atoms with van der Waals surface area (Å²) < 4.78 is 6.19. The van der Waals surface area contributed by atoms with E-state index in [1.807, 2.05) is 0 Å². The van der Waals surface area contributed by atoms with Crippen LogP contribution >= 0.6 is 0 Å². The Hall–Kier alpha value is -0.120. The molecule has 2 saturated heterocycles. The Bertz CT molecular complexity index is 248. The largest absolute Gasteiger partial charge is 0.360 e. The fraction of sp³-hybridized carbons (Fsp3) is 1.00. The molecule has 1 N–H and O–H groups in total. The lowest BCUT2D eigenvalue weighted by molar-refractivity contribution is -0.162. The smallest absolute Gasteiger partial charge is 0.121 e. The maximum Gasteiger partial charge on any atom is 0.121 e. The Morgan fingerprint density at radius 2 is 1.94 bits per heavy atom. The van der Waals surface area contributed by atoms with Crippen molar-refractivity contribution in [3.8, 4) is 0 Å². The molecular weight excluding hydrogens is 200 g/mol. The summed E-state index contributed by atoms with van der Waals surface area (Å²) in [5, 5.41) is 3.84. The zero-order valence-corrected chi connectivity index (χ0v) is 10.4. The van der Waals surface area contributed by atoms with Gasteiger partial charge >= 0.3 is 0 Å². The van der Waals surface area contributed by atoms with Gasteiger partial charge in [-0.15, -0.1) is 0 Å². The van der Waals surface area contributed by atoms with Crippen molar-refractivity contribution in [1.29, 1.82) is 0 Å². The molecular formula is C13H24N2O. The highest BCUT2D eigenvalue weighted by molar-refractivity contribution is 4.95. The van der Waals surface area contributed by atoms with E-state index in [1.165, 1.54) is 38.8 Å². The third-order valence-electron chi connectivity index (χ3n) is 4.73. The Kier molecular flexibility index (Phi) is 2.94. The number of fused-ring (bicyclic) bond motifs is 1. The van der Waals surface area contributed by atoms with Crippen molar-refractivity contribution < 1.29 is 4.74 Å². The van der Waals surface area contributed by atoms with Crippen LogP contribution in [0.5, 0.6) is 0 Å². The average Bonchev–Trinajstić information content (AvgIpc) is 2.33. The number of rotatable bonds is 0. The van der Waals surface area contributed by atoms with E-state index in [4.69, 9.17) is 4.74 Å². The van der Waals surface area contributed by atoms with Gasteiger partial charge in [0.15, 0.2) is 0 Å². The second-order valence-electron chi connectivity index (χ2n) is 5.90. The van der Waals surface area contributed by atoms with Gasteiger partial charge in [0.1, 0.15) is 5.72 Å². The van der Waals surface area contributed by atoms with Crippen molar-refractivity contribution in [2.24, 2.45) is 5.92 Å². The maximum atomic E-state index is 6.19. The summed E-state index contributed by atoms with van der Waals surface area (Å²) in [6.07, 6.45) is 7.87. The van der Waals surface area contributed by atoms with E-state index in [1.54, 1.807) is 0 Å². The zero-order chi connectivity index (χ0) is 11.0. The molecule has 2 heterocycles. The van der Waals surface area contributed by atoms with Crippen LogP contribution in [0.15, 0.2) is 0 Å². The van der Waals surface area contributed by atoms with Crippen LogP contribution in [-0.2, 0) is 4.74 Å². The Morgan fingerprint density at radius 3 is 2.75 bits per heavy atom. The molecule has 3 fully saturated rings. The lowest BCUT2D eigenvalue weighted by Gasteiger charge is -2.50. The molecule has 1 spiro atoms. The molecule has 3 aliphatic rings. The van der Waals surface area contributed by atoms with E-state index >= 15 is 0 Å². The van der Waals surface area contributed by atoms with Gasteiger partial charge in [0.05, 0.1) is 6.61 Å². The molecule has 2 unspecified atom stereocenters. The molecule has 0 bridgehead atoms. The summed E-state index contributed by atoms with van der Waals surface area (Å²) in [5.41, 5.74) is 0.0328. The number of nitrogens with one attached hydrogen (secondary N) is 1. The first-order chi connectivity index (χ1) is 7.77. The van der Waals surface area contributed by atoms with Crippen LogP contribution in [0.2, 0.25) is 0 Å². The molecule has 1 saturated carbocycles. The van der Waals surface area contributed by atoms with Crippen molar-refractivity contribution in [3.63, 3.8) is 0 Å². The molecule has 0 aromatic carbocycles. The fourth-order valence-corrected chi connectivity index (χ4v) is 3.51. The van der Waals surface area contributed by atoms with Crippen LogP contribution in [0.1, 0.15) is 38.5 Å². The van der Waals surface area contributed by atoms with Gasteiger partial charge in [-0.25, -0.2) is 0 Å². The molecule has 2 atom stereocenters. The molecule has 3 nitrogen and oxygen atoms in total. The molecule has 1 aliphatic carbocycles. The highest BCUT2D eigenvalue weighted by atomic mass is 16.5. The van der Waals surface area contributed by atoms with E-state index in [2.05, 4.69) is 17.3 Å². The topological polar surface area (TPSA) is 24.5 Å². The molecule has 0 aromatic heterocycles. The van der Waals surface area contributed by atoms with Crippen molar-refractivity contribution in [2.45, 2.75) is 50.3 Å². The molecule has 3 heteroatoms. The zero-order valence-electron chi connectivity index (χ0n) is 10.4. The van der Waals surface area contributed by atoms with Crippen LogP contribution in [0.4, 0.5) is 0 Å². The van der Waals surface area contributed by atoms with Crippen molar-refractivity contribution in [1.82, 2.24) is 10.2 Å². The lowest BCUT2D eigenvalue weighted by atomic mass is 9.82. The Morgan fingerprint density at radius 1 is 1.19 bits per heavy atom. The second-order valence-corrected chi connectivity index (χ2v) is 5.90. The number of piperidine rings is 1. The number of likely N-dealkylation sites (tertiary alicyclic amines) is 1. The van der Waals surface area contributed by atoms with Gasteiger partial charge in [-0.1, -0.05) is 12.8 Å². The second kappa shape index (κ2) is 4.28. The Labute approximate surface area is 98.5 Å². The predicted molar refractivity (Wildman–Crippen MR) is 64.3 cm³/mol. The lowest BCUT2D eigenvalue weighted by Crippen LogP contribution is -2.64. The van der Waals surface area contributed by atoms with E-state index in [9.17, 15) is 0 Å². The third-order valence-corrected chi connectivity index (χ3v) is 4.73. The number of nitrogens with zero attached hydrogens (tertiary/aromatic N) is 1. The van der Waals surface area contributed by atoms with Gasteiger partial charge in [0.2, 0.25) is 0 Å². The van der Waals surface area contributed by atoms with E-state index < -0.39 is 0 Å². The standard InChI is InChI=1S/C13H24N2O/c1-15-8-6-13(7-9-15)14-12-5-3-2-4-11(12)10-16-13/h11-12,14H,2-10H2,1H3. The SMILES string of the molecule is CN1CCC2(CC1)NC1CCCCC1CO2. The highest BCUT2D eigenvalue weighted by Gasteiger charge is 2.43. The predicted octanol–water partition coefficient (Wildman–Crippen LogP) is 1.59. The van der Waals surface area contributed by atoms with Crippen LogP contribution < -0.4 is 5.32 Å². The summed E-state index contributed by atoms with van der Waals surface area (Å²) >= 11 is 0. The monoisotopic (exact) mass is 224 g/mol. The molecule has 0 amide bonds. The van der Waals surface area contributed by atoms with Crippen molar-refractivity contribution in [3.05, 3.63) is 0 Å². The Balaban J connectivity index is 1.65.